The molecule has 0 aromatic heterocycles. The number of carbonyl (C=O) groups is 2. The molecule has 1 amide bonds. The number of alkyl carbamates (subject to hydrolysis) is 1. The summed E-state index contributed by atoms with van der Waals surface area (Å²) in [5.74, 6) is -0.530. The summed E-state index contributed by atoms with van der Waals surface area (Å²) in [6.07, 6.45) is 2.69. The minimum Gasteiger partial charge on any atom is -0.460 e. The first-order chi connectivity index (χ1) is 9.80. The second kappa shape index (κ2) is 10.2. The van der Waals surface area contributed by atoms with Crippen molar-refractivity contribution in [3.05, 3.63) is 12.7 Å². The molecule has 0 saturated heterocycles. The van der Waals surface area contributed by atoms with Gasteiger partial charge in [0.2, 0.25) is 0 Å². The number of rotatable bonds is 9. The first kappa shape index (κ1) is 19.4. The van der Waals surface area contributed by atoms with Crippen LogP contribution in [0.1, 0.15) is 40.0 Å². The maximum Gasteiger partial charge on any atom is 0.407 e. The molecule has 0 aliphatic rings. The quantitative estimate of drug-likeness (QED) is 0.260. The van der Waals surface area contributed by atoms with Crippen LogP contribution in [-0.2, 0) is 14.3 Å². The Kier molecular flexibility index (Phi) is 9.40. The highest BCUT2D eigenvalue weighted by molar-refractivity contribution is 5.75. The second-order valence-electron chi connectivity index (χ2n) is 5.52. The highest BCUT2D eigenvalue weighted by atomic mass is 16.6. The largest absolute Gasteiger partial charge is 0.460 e. The van der Waals surface area contributed by atoms with E-state index in [1.54, 1.807) is 20.8 Å². The lowest BCUT2D eigenvalue weighted by Crippen LogP contribution is -2.36. The molecule has 0 spiro atoms. The molecular formula is C14H26N2O5. The van der Waals surface area contributed by atoms with Crippen LogP contribution in [0.2, 0.25) is 0 Å². The standard InChI is InChI=1S/C14H26N2O5/c1-5-10-20-12(17)11(16-19)8-6-7-9-15-13(18)21-14(2,3)4/h5,11,16,19H,1,6-10H2,2-4H3,(H,15,18)/t11-/m0/s1. The minimum atomic E-state index is -0.772. The van der Waals surface area contributed by atoms with E-state index < -0.39 is 23.7 Å². The maximum atomic E-state index is 11.5. The van der Waals surface area contributed by atoms with Gasteiger partial charge in [-0.15, -0.1) is 0 Å². The van der Waals surface area contributed by atoms with Crippen molar-refractivity contribution >= 4 is 12.1 Å². The topological polar surface area (TPSA) is 96.9 Å². The molecule has 0 aliphatic heterocycles. The lowest BCUT2D eigenvalue weighted by Gasteiger charge is -2.19. The van der Waals surface area contributed by atoms with Crippen molar-refractivity contribution in [1.82, 2.24) is 10.8 Å². The van der Waals surface area contributed by atoms with E-state index in [4.69, 9.17) is 14.7 Å². The Hall–Kier alpha value is -1.60. The zero-order chi connectivity index (χ0) is 16.3. The van der Waals surface area contributed by atoms with Crippen LogP contribution in [-0.4, -0.2) is 42.1 Å². The Balaban J connectivity index is 3.79. The van der Waals surface area contributed by atoms with Gasteiger partial charge in [0.1, 0.15) is 18.2 Å². The summed E-state index contributed by atoms with van der Waals surface area (Å²) < 4.78 is 9.91. The SMILES string of the molecule is C=CCOC(=O)[C@H](CCCCNC(=O)OC(C)(C)C)NO. The molecule has 0 saturated carbocycles. The van der Waals surface area contributed by atoms with Gasteiger partial charge in [0, 0.05) is 6.54 Å². The van der Waals surface area contributed by atoms with Crippen molar-refractivity contribution in [2.45, 2.75) is 51.7 Å². The lowest BCUT2D eigenvalue weighted by atomic mass is 10.1. The predicted molar refractivity (Wildman–Crippen MR) is 78.0 cm³/mol. The Bertz CT molecular complexity index is 339. The summed E-state index contributed by atoms with van der Waals surface area (Å²) in [5, 5.41) is 11.5. The van der Waals surface area contributed by atoms with Gasteiger partial charge < -0.3 is 20.0 Å². The molecule has 0 aromatic rings. The third kappa shape index (κ3) is 10.8. The molecule has 7 nitrogen and oxygen atoms in total. The molecule has 0 bridgehead atoms. The van der Waals surface area contributed by atoms with E-state index in [0.29, 0.717) is 25.8 Å². The second-order valence-corrected chi connectivity index (χ2v) is 5.52. The van der Waals surface area contributed by atoms with E-state index in [1.165, 1.54) is 6.08 Å². The molecule has 3 N–H and O–H groups in total. The van der Waals surface area contributed by atoms with Crippen LogP contribution in [0.3, 0.4) is 0 Å². The van der Waals surface area contributed by atoms with Crippen molar-refractivity contribution < 1.29 is 24.3 Å². The fourth-order valence-electron chi connectivity index (χ4n) is 1.45. The summed E-state index contributed by atoms with van der Waals surface area (Å²) in [4.78, 5) is 22.8. The number of esters is 1. The number of hydroxylamine groups is 1. The third-order valence-corrected chi connectivity index (χ3v) is 2.37. The first-order valence-electron chi connectivity index (χ1n) is 6.94. The number of unbranched alkanes of at least 4 members (excludes halogenated alkanes) is 1. The highest BCUT2D eigenvalue weighted by Gasteiger charge is 2.18. The van der Waals surface area contributed by atoms with E-state index in [-0.39, 0.29) is 6.61 Å². The molecule has 0 rings (SSSR count). The Morgan fingerprint density at radius 1 is 1.33 bits per heavy atom. The first-order valence-corrected chi connectivity index (χ1v) is 6.94. The molecule has 0 aliphatic carbocycles. The summed E-state index contributed by atoms with van der Waals surface area (Å²) >= 11 is 0. The van der Waals surface area contributed by atoms with E-state index >= 15 is 0 Å². The minimum absolute atomic E-state index is 0.108. The monoisotopic (exact) mass is 302 g/mol. The van der Waals surface area contributed by atoms with Crippen molar-refractivity contribution in [3.8, 4) is 0 Å². The third-order valence-electron chi connectivity index (χ3n) is 2.37. The predicted octanol–water partition coefficient (Wildman–Crippen LogP) is 1.76. The molecule has 0 fully saturated rings. The molecule has 7 heteroatoms. The van der Waals surface area contributed by atoms with Crippen LogP contribution in [0, 0.1) is 0 Å². The Morgan fingerprint density at radius 2 is 2.00 bits per heavy atom. The normalized spacial score (nSPS) is 12.4. The van der Waals surface area contributed by atoms with E-state index in [2.05, 4.69) is 11.9 Å². The van der Waals surface area contributed by atoms with Gasteiger partial charge in [0.15, 0.2) is 0 Å². The average molecular weight is 302 g/mol. The number of ether oxygens (including phenoxy) is 2. The molecule has 0 unspecified atom stereocenters. The zero-order valence-electron chi connectivity index (χ0n) is 13.0. The molecule has 21 heavy (non-hydrogen) atoms. The molecule has 122 valence electrons. The zero-order valence-corrected chi connectivity index (χ0v) is 13.0. The van der Waals surface area contributed by atoms with Gasteiger partial charge in [-0.3, -0.25) is 4.79 Å². The number of nitrogens with one attached hydrogen (secondary N) is 2. The lowest BCUT2D eigenvalue weighted by molar-refractivity contribution is -0.148. The number of hydrogen-bond donors (Lipinski definition) is 3. The van der Waals surface area contributed by atoms with Gasteiger partial charge >= 0.3 is 12.1 Å². The number of amides is 1. The van der Waals surface area contributed by atoms with Crippen LogP contribution in [0.25, 0.3) is 0 Å². The van der Waals surface area contributed by atoms with Crippen molar-refractivity contribution in [2.24, 2.45) is 0 Å². The summed E-state index contributed by atoms with van der Waals surface area (Å²) in [7, 11) is 0. The number of carbonyl (C=O) groups excluding carboxylic acids is 2. The Labute approximate surface area is 125 Å². The van der Waals surface area contributed by atoms with Gasteiger partial charge in [-0.2, -0.15) is 5.48 Å². The van der Waals surface area contributed by atoms with E-state index in [0.717, 1.165) is 0 Å². The number of hydrogen-bond acceptors (Lipinski definition) is 6. The maximum absolute atomic E-state index is 11.5. The van der Waals surface area contributed by atoms with E-state index in [1.807, 2.05) is 5.48 Å². The Morgan fingerprint density at radius 3 is 2.52 bits per heavy atom. The van der Waals surface area contributed by atoms with Gasteiger partial charge in [-0.1, -0.05) is 12.7 Å². The molecule has 1 atom stereocenters. The summed E-state index contributed by atoms with van der Waals surface area (Å²) in [6.45, 7) is 9.35. The van der Waals surface area contributed by atoms with Crippen molar-refractivity contribution in [1.29, 1.82) is 0 Å². The highest BCUT2D eigenvalue weighted by Crippen LogP contribution is 2.07. The van der Waals surface area contributed by atoms with Gasteiger partial charge in [0.25, 0.3) is 0 Å². The molecule has 0 aromatic carbocycles. The summed E-state index contributed by atoms with van der Waals surface area (Å²) in [6, 6.07) is -0.772. The average Bonchev–Trinajstić information content (AvgIpc) is 2.38. The van der Waals surface area contributed by atoms with Crippen LogP contribution < -0.4 is 10.8 Å². The van der Waals surface area contributed by atoms with Gasteiger partial charge in [0.05, 0.1) is 0 Å². The fraction of sp³-hybridized carbons (Fsp3) is 0.714. The van der Waals surface area contributed by atoms with Crippen LogP contribution in [0.5, 0.6) is 0 Å². The van der Waals surface area contributed by atoms with Gasteiger partial charge in [-0.05, 0) is 40.0 Å². The van der Waals surface area contributed by atoms with Crippen LogP contribution in [0.15, 0.2) is 12.7 Å². The summed E-state index contributed by atoms with van der Waals surface area (Å²) in [5.41, 5.74) is 1.40. The van der Waals surface area contributed by atoms with Crippen LogP contribution in [0.4, 0.5) is 4.79 Å². The molecule has 0 heterocycles. The fourth-order valence-corrected chi connectivity index (χ4v) is 1.45. The smallest absolute Gasteiger partial charge is 0.407 e. The molecule has 0 radical (unpaired) electrons. The van der Waals surface area contributed by atoms with Crippen molar-refractivity contribution in [2.75, 3.05) is 13.2 Å². The van der Waals surface area contributed by atoms with E-state index in [9.17, 15) is 9.59 Å². The van der Waals surface area contributed by atoms with Crippen molar-refractivity contribution in [3.63, 3.8) is 0 Å². The molecular weight excluding hydrogens is 276 g/mol. The van der Waals surface area contributed by atoms with Crippen LogP contribution >= 0.6 is 0 Å². The van der Waals surface area contributed by atoms with Gasteiger partial charge in [-0.25, -0.2) is 4.79 Å².